The number of hydrogen-bond donors (Lipinski definition) is 2. The van der Waals surface area contributed by atoms with Gasteiger partial charge in [-0.15, -0.1) is 0 Å². The molecule has 0 aliphatic heterocycles. The van der Waals surface area contributed by atoms with Crippen molar-refractivity contribution in [2.45, 2.75) is 39.4 Å². The van der Waals surface area contributed by atoms with Gasteiger partial charge in [0, 0.05) is 25.0 Å². The lowest BCUT2D eigenvalue weighted by Gasteiger charge is -2.17. The van der Waals surface area contributed by atoms with Gasteiger partial charge in [-0.25, -0.2) is 0 Å². The largest absolute Gasteiger partial charge is 0.497 e. The Morgan fingerprint density at radius 1 is 0.909 bits per heavy atom. The second-order valence-corrected chi connectivity index (χ2v) is 8.17. The van der Waals surface area contributed by atoms with E-state index in [-0.39, 0.29) is 23.2 Å². The smallest absolute Gasteiger partial charge is 0.257 e. The molecule has 7 heteroatoms. The molecule has 0 spiro atoms. The van der Waals surface area contributed by atoms with Crippen molar-refractivity contribution in [1.29, 1.82) is 0 Å². The first kappa shape index (κ1) is 23.8. The van der Waals surface area contributed by atoms with E-state index in [1.807, 2.05) is 75.4 Å². The third-order valence-electron chi connectivity index (χ3n) is 5.14. The van der Waals surface area contributed by atoms with Gasteiger partial charge in [0.05, 0.1) is 13.2 Å². The molecule has 0 saturated heterocycles. The fourth-order valence-corrected chi connectivity index (χ4v) is 3.45. The lowest BCUT2D eigenvalue weighted by molar-refractivity contribution is 0.0937. The molecule has 0 saturated carbocycles. The van der Waals surface area contributed by atoms with Crippen LogP contribution in [-0.2, 0) is 6.54 Å². The van der Waals surface area contributed by atoms with Crippen molar-refractivity contribution in [2.75, 3.05) is 7.11 Å². The van der Waals surface area contributed by atoms with Gasteiger partial charge >= 0.3 is 0 Å². The first-order valence-electron chi connectivity index (χ1n) is 10.8. The van der Waals surface area contributed by atoms with Gasteiger partial charge in [0.15, 0.2) is 0 Å². The topological polar surface area (TPSA) is 89.4 Å². The molecule has 1 aromatic heterocycles. The van der Waals surface area contributed by atoms with Crippen LogP contribution in [0.4, 0.5) is 0 Å². The molecule has 0 unspecified atom stereocenters. The lowest BCUT2D eigenvalue weighted by Crippen LogP contribution is -2.38. The van der Waals surface area contributed by atoms with E-state index in [9.17, 15) is 14.4 Å². The van der Waals surface area contributed by atoms with E-state index in [2.05, 4.69) is 10.6 Å². The van der Waals surface area contributed by atoms with Crippen molar-refractivity contribution < 1.29 is 14.3 Å². The highest BCUT2D eigenvalue weighted by Crippen LogP contribution is 2.19. The highest BCUT2D eigenvalue weighted by Gasteiger charge is 2.21. The second kappa shape index (κ2) is 10.6. The van der Waals surface area contributed by atoms with E-state index in [1.165, 1.54) is 12.4 Å². The summed E-state index contributed by atoms with van der Waals surface area (Å²) in [6, 6.07) is 16.4. The number of rotatable bonds is 8. The maximum Gasteiger partial charge on any atom is 0.257 e. The van der Waals surface area contributed by atoms with Gasteiger partial charge in [-0.2, -0.15) is 0 Å². The van der Waals surface area contributed by atoms with E-state index in [1.54, 1.807) is 11.7 Å². The molecule has 172 valence electrons. The van der Waals surface area contributed by atoms with Crippen LogP contribution < -0.4 is 20.8 Å². The van der Waals surface area contributed by atoms with E-state index in [0.29, 0.717) is 12.3 Å². The third-order valence-corrected chi connectivity index (χ3v) is 5.14. The highest BCUT2D eigenvalue weighted by molar-refractivity contribution is 5.99. The quantitative estimate of drug-likeness (QED) is 0.553. The minimum Gasteiger partial charge on any atom is -0.497 e. The van der Waals surface area contributed by atoms with Crippen LogP contribution in [0.15, 0.2) is 71.8 Å². The van der Waals surface area contributed by atoms with Gasteiger partial charge in [0.2, 0.25) is 5.43 Å². The van der Waals surface area contributed by atoms with Crippen molar-refractivity contribution in [3.63, 3.8) is 0 Å². The first-order valence-corrected chi connectivity index (χ1v) is 10.8. The predicted octanol–water partition coefficient (Wildman–Crippen LogP) is 3.53. The lowest BCUT2D eigenvalue weighted by atomic mass is 10.1. The molecule has 2 amide bonds. The van der Waals surface area contributed by atoms with Crippen LogP contribution in [0.2, 0.25) is 0 Å². The summed E-state index contributed by atoms with van der Waals surface area (Å²) < 4.78 is 6.94. The van der Waals surface area contributed by atoms with Gasteiger partial charge in [-0.3, -0.25) is 14.4 Å². The van der Waals surface area contributed by atoms with E-state index in [0.717, 1.165) is 11.1 Å². The maximum absolute atomic E-state index is 13.1. The van der Waals surface area contributed by atoms with Crippen LogP contribution in [-0.4, -0.2) is 29.5 Å². The molecule has 7 nitrogen and oxygen atoms in total. The van der Waals surface area contributed by atoms with Crippen LogP contribution in [0.5, 0.6) is 5.75 Å². The summed E-state index contributed by atoms with van der Waals surface area (Å²) in [5.74, 6) is -0.380. The molecule has 3 aromatic rings. The van der Waals surface area contributed by atoms with Crippen molar-refractivity contribution in [3.05, 3.63) is 99.5 Å². The Morgan fingerprint density at radius 2 is 1.55 bits per heavy atom. The number of carbonyl (C=O) groups is 2. The van der Waals surface area contributed by atoms with E-state index >= 15 is 0 Å². The number of pyridine rings is 1. The summed E-state index contributed by atoms with van der Waals surface area (Å²) in [5.41, 5.74) is 1.06. The number of ether oxygens (including phenoxy) is 1. The van der Waals surface area contributed by atoms with Gasteiger partial charge in [-0.05, 0) is 44.0 Å². The molecule has 0 aliphatic rings. The van der Waals surface area contributed by atoms with Crippen molar-refractivity contribution in [2.24, 2.45) is 0 Å². The summed E-state index contributed by atoms with van der Waals surface area (Å²) in [5, 5.41) is 5.60. The SMILES string of the molecule is COc1cccc([C@@H](C)NC(=O)c2cn(Cc3ccccc3)cc(C(=O)NC(C)C)c2=O)c1. The molecule has 2 N–H and O–H groups in total. The zero-order valence-electron chi connectivity index (χ0n) is 19.3. The Morgan fingerprint density at radius 3 is 2.15 bits per heavy atom. The summed E-state index contributed by atoms with van der Waals surface area (Å²) in [7, 11) is 1.57. The maximum atomic E-state index is 13.1. The van der Waals surface area contributed by atoms with Crippen LogP contribution in [0, 0.1) is 0 Å². The highest BCUT2D eigenvalue weighted by atomic mass is 16.5. The second-order valence-electron chi connectivity index (χ2n) is 8.17. The van der Waals surface area contributed by atoms with Crippen molar-refractivity contribution in [1.82, 2.24) is 15.2 Å². The standard InChI is InChI=1S/C26H29N3O4/c1-17(2)27-25(31)22-15-29(14-19-9-6-5-7-10-19)16-23(24(22)30)26(32)28-18(3)20-11-8-12-21(13-20)33-4/h5-13,15-18H,14H2,1-4H3,(H,27,31)(H,28,32)/t18-/m1/s1. The fourth-order valence-electron chi connectivity index (χ4n) is 3.45. The Kier molecular flexibility index (Phi) is 7.66. The number of carbonyl (C=O) groups excluding carboxylic acids is 2. The number of amides is 2. The van der Waals surface area contributed by atoms with Crippen LogP contribution in [0.3, 0.4) is 0 Å². The van der Waals surface area contributed by atoms with Crippen molar-refractivity contribution >= 4 is 11.8 Å². The molecule has 0 radical (unpaired) electrons. The van der Waals surface area contributed by atoms with Gasteiger partial charge in [0.25, 0.3) is 11.8 Å². The summed E-state index contributed by atoms with van der Waals surface area (Å²) in [4.78, 5) is 38.9. The molecule has 0 aliphatic carbocycles. The van der Waals surface area contributed by atoms with Crippen LogP contribution in [0.25, 0.3) is 0 Å². The predicted molar refractivity (Wildman–Crippen MR) is 128 cm³/mol. The molecule has 1 heterocycles. The first-order chi connectivity index (χ1) is 15.8. The summed E-state index contributed by atoms with van der Waals surface area (Å²) in [6.07, 6.45) is 2.99. The zero-order chi connectivity index (χ0) is 24.0. The molecule has 2 aromatic carbocycles. The fraction of sp³-hybridized carbons (Fsp3) is 0.269. The average molecular weight is 448 g/mol. The Bertz CT molecular complexity index is 1190. The van der Waals surface area contributed by atoms with Crippen molar-refractivity contribution in [3.8, 4) is 5.75 Å². The molecule has 3 rings (SSSR count). The number of benzene rings is 2. The molecular formula is C26H29N3O4. The minimum atomic E-state index is -0.604. The Hall–Kier alpha value is -3.87. The van der Waals surface area contributed by atoms with Crippen LogP contribution >= 0.6 is 0 Å². The minimum absolute atomic E-state index is 0.0682. The molecule has 0 fully saturated rings. The van der Waals surface area contributed by atoms with Gasteiger partial charge in [-0.1, -0.05) is 42.5 Å². The van der Waals surface area contributed by atoms with E-state index < -0.39 is 17.2 Å². The average Bonchev–Trinajstić information content (AvgIpc) is 2.80. The molecule has 1 atom stereocenters. The number of nitrogens with zero attached hydrogens (tertiary/aromatic N) is 1. The monoisotopic (exact) mass is 447 g/mol. The zero-order valence-corrected chi connectivity index (χ0v) is 19.3. The van der Waals surface area contributed by atoms with E-state index in [4.69, 9.17) is 4.74 Å². The number of methoxy groups -OCH3 is 1. The third kappa shape index (κ3) is 6.10. The Labute approximate surface area is 193 Å². The van der Waals surface area contributed by atoms with Gasteiger partial charge < -0.3 is 19.9 Å². The number of aromatic nitrogens is 1. The number of hydrogen-bond acceptors (Lipinski definition) is 4. The van der Waals surface area contributed by atoms with Crippen LogP contribution in [0.1, 0.15) is 58.7 Å². The molecule has 0 bridgehead atoms. The molecule has 33 heavy (non-hydrogen) atoms. The summed E-state index contributed by atoms with van der Waals surface area (Å²) >= 11 is 0. The molecular weight excluding hydrogens is 418 g/mol. The normalized spacial score (nSPS) is 11.7. The Balaban J connectivity index is 1.95. The summed E-state index contributed by atoms with van der Waals surface area (Å²) in [6.45, 7) is 5.86. The van der Waals surface area contributed by atoms with Gasteiger partial charge in [0.1, 0.15) is 16.9 Å². The number of nitrogens with one attached hydrogen (secondary N) is 2.